The third-order valence-corrected chi connectivity index (χ3v) is 3.57. The fraction of sp³-hybridized carbons (Fsp3) is 0.375. The zero-order chi connectivity index (χ0) is 14.7. The molecule has 0 aliphatic rings. The van der Waals surface area contributed by atoms with E-state index in [4.69, 9.17) is 0 Å². The number of imidazole rings is 1. The van der Waals surface area contributed by atoms with Gasteiger partial charge in [-0.2, -0.15) is 0 Å². The van der Waals surface area contributed by atoms with Crippen molar-refractivity contribution in [3.8, 4) is 0 Å². The molecule has 4 heteroatoms. The van der Waals surface area contributed by atoms with E-state index in [1.165, 1.54) is 5.56 Å². The van der Waals surface area contributed by atoms with Gasteiger partial charge in [0.05, 0.1) is 13.1 Å². The van der Waals surface area contributed by atoms with Crippen LogP contribution in [-0.4, -0.2) is 33.8 Å². The number of hydrogen-bond acceptors (Lipinski definition) is 3. The number of carbonyl (C=O) groups excluding carboxylic acids is 1. The molecule has 0 saturated heterocycles. The molecule has 1 heterocycles. The number of likely N-dealkylation sites (N-methyl/N-ethyl adjacent to an activating group) is 1. The van der Waals surface area contributed by atoms with Crippen LogP contribution in [0.15, 0.2) is 30.6 Å². The molecule has 0 fully saturated rings. The Kier molecular flexibility index (Phi) is 4.35. The second-order valence-electron chi connectivity index (χ2n) is 5.35. The summed E-state index contributed by atoms with van der Waals surface area (Å²) < 4.78 is 1.97. The second kappa shape index (κ2) is 6.01. The van der Waals surface area contributed by atoms with Gasteiger partial charge < -0.3 is 4.57 Å². The maximum Gasteiger partial charge on any atom is 0.176 e. The third kappa shape index (κ3) is 3.33. The van der Waals surface area contributed by atoms with Gasteiger partial charge >= 0.3 is 0 Å². The fourth-order valence-electron chi connectivity index (χ4n) is 2.10. The number of ketones is 1. The largest absolute Gasteiger partial charge is 0.337 e. The van der Waals surface area contributed by atoms with Crippen LogP contribution in [0.3, 0.4) is 0 Å². The summed E-state index contributed by atoms with van der Waals surface area (Å²) in [4.78, 5) is 18.5. The maximum absolute atomic E-state index is 12.3. The van der Waals surface area contributed by atoms with Crippen LogP contribution >= 0.6 is 0 Å². The van der Waals surface area contributed by atoms with Gasteiger partial charge in [0, 0.05) is 25.0 Å². The molecule has 1 aromatic carbocycles. The molecule has 0 bridgehead atoms. The van der Waals surface area contributed by atoms with Crippen LogP contribution in [0.1, 0.15) is 27.3 Å². The first-order chi connectivity index (χ1) is 9.47. The first kappa shape index (κ1) is 14.5. The van der Waals surface area contributed by atoms with Crippen LogP contribution in [0.5, 0.6) is 0 Å². The number of aryl methyl sites for hydroxylation is 3. The number of Topliss-reactive ketones (excluding diaryl/α,β-unsaturated/α-hetero) is 1. The second-order valence-corrected chi connectivity index (χ2v) is 5.35. The zero-order valence-corrected chi connectivity index (χ0v) is 12.6. The van der Waals surface area contributed by atoms with Crippen LogP contribution in [0, 0.1) is 13.8 Å². The first-order valence-corrected chi connectivity index (χ1v) is 6.72. The molecule has 2 rings (SSSR count). The van der Waals surface area contributed by atoms with Crippen LogP contribution in [0.2, 0.25) is 0 Å². The smallest absolute Gasteiger partial charge is 0.176 e. The monoisotopic (exact) mass is 271 g/mol. The quantitative estimate of drug-likeness (QED) is 0.784. The number of rotatable bonds is 5. The van der Waals surface area contributed by atoms with E-state index in [0.717, 1.165) is 17.0 Å². The molecule has 20 heavy (non-hydrogen) atoms. The molecule has 0 atom stereocenters. The number of carbonyl (C=O) groups is 1. The Bertz CT molecular complexity index is 616. The van der Waals surface area contributed by atoms with E-state index in [1.807, 2.05) is 54.9 Å². The number of benzene rings is 1. The van der Waals surface area contributed by atoms with Gasteiger partial charge in [-0.15, -0.1) is 0 Å². The predicted molar refractivity (Wildman–Crippen MR) is 79.8 cm³/mol. The lowest BCUT2D eigenvalue weighted by molar-refractivity contribution is 0.0941. The third-order valence-electron chi connectivity index (χ3n) is 3.57. The molecule has 0 unspecified atom stereocenters. The van der Waals surface area contributed by atoms with Crippen molar-refractivity contribution in [1.82, 2.24) is 14.5 Å². The summed E-state index contributed by atoms with van der Waals surface area (Å²) in [7, 11) is 3.90. The minimum Gasteiger partial charge on any atom is -0.337 e. The van der Waals surface area contributed by atoms with E-state index in [-0.39, 0.29) is 5.78 Å². The Morgan fingerprint density at radius 1 is 1.30 bits per heavy atom. The molecule has 0 aliphatic heterocycles. The molecule has 0 aliphatic carbocycles. The van der Waals surface area contributed by atoms with Crippen molar-refractivity contribution >= 4 is 5.78 Å². The molecular formula is C16H21N3O. The van der Waals surface area contributed by atoms with Crippen molar-refractivity contribution < 1.29 is 4.79 Å². The maximum atomic E-state index is 12.3. The van der Waals surface area contributed by atoms with Crippen LogP contribution in [-0.2, 0) is 13.6 Å². The van der Waals surface area contributed by atoms with Gasteiger partial charge in [0.1, 0.15) is 5.82 Å². The molecule has 1 aromatic heterocycles. The molecule has 0 radical (unpaired) electrons. The van der Waals surface area contributed by atoms with E-state index < -0.39 is 0 Å². The SMILES string of the molecule is Cc1ccc(C(=O)CN(C)Cc2nccn2C)cc1C. The van der Waals surface area contributed by atoms with Crippen LogP contribution in [0.25, 0.3) is 0 Å². The lowest BCUT2D eigenvalue weighted by Crippen LogP contribution is -2.26. The van der Waals surface area contributed by atoms with E-state index in [2.05, 4.69) is 11.9 Å². The highest BCUT2D eigenvalue weighted by Gasteiger charge is 2.12. The Labute approximate surface area is 120 Å². The van der Waals surface area contributed by atoms with Gasteiger partial charge in [0.2, 0.25) is 0 Å². The van der Waals surface area contributed by atoms with Crippen molar-refractivity contribution in [1.29, 1.82) is 0 Å². The number of aromatic nitrogens is 2. The molecule has 0 amide bonds. The molecule has 106 valence electrons. The minimum atomic E-state index is 0.143. The first-order valence-electron chi connectivity index (χ1n) is 6.72. The Morgan fingerprint density at radius 3 is 2.65 bits per heavy atom. The summed E-state index contributed by atoms with van der Waals surface area (Å²) >= 11 is 0. The van der Waals surface area contributed by atoms with Crippen molar-refractivity contribution in [2.24, 2.45) is 7.05 Å². The molecule has 0 spiro atoms. The standard InChI is InChI=1S/C16H21N3O/c1-12-5-6-14(9-13(12)2)15(20)10-18(3)11-16-17-7-8-19(16)4/h5-9H,10-11H2,1-4H3. The summed E-state index contributed by atoms with van der Waals surface area (Å²) in [5.74, 6) is 1.10. The van der Waals surface area contributed by atoms with Crippen molar-refractivity contribution in [3.63, 3.8) is 0 Å². The fourth-order valence-corrected chi connectivity index (χ4v) is 2.10. The predicted octanol–water partition coefficient (Wildman–Crippen LogP) is 2.35. The van der Waals surface area contributed by atoms with Gasteiger partial charge in [-0.3, -0.25) is 9.69 Å². The molecule has 0 N–H and O–H groups in total. The molecule has 2 aromatic rings. The summed E-state index contributed by atoms with van der Waals surface area (Å²) in [6.07, 6.45) is 3.68. The van der Waals surface area contributed by atoms with Crippen molar-refractivity contribution in [2.75, 3.05) is 13.6 Å². The van der Waals surface area contributed by atoms with Gasteiger partial charge in [0.25, 0.3) is 0 Å². The average Bonchev–Trinajstić information content (AvgIpc) is 2.78. The van der Waals surface area contributed by atoms with Gasteiger partial charge in [-0.1, -0.05) is 12.1 Å². The van der Waals surface area contributed by atoms with Crippen molar-refractivity contribution in [3.05, 3.63) is 53.1 Å². The highest BCUT2D eigenvalue weighted by Crippen LogP contribution is 2.11. The van der Waals surface area contributed by atoms with Gasteiger partial charge in [0.15, 0.2) is 5.78 Å². The van der Waals surface area contributed by atoms with E-state index >= 15 is 0 Å². The molecular weight excluding hydrogens is 250 g/mol. The average molecular weight is 271 g/mol. The summed E-state index contributed by atoms with van der Waals surface area (Å²) in [6.45, 7) is 5.15. The van der Waals surface area contributed by atoms with Gasteiger partial charge in [-0.25, -0.2) is 4.98 Å². The van der Waals surface area contributed by atoms with Crippen LogP contribution < -0.4 is 0 Å². The highest BCUT2D eigenvalue weighted by atomic mass is 16.1. The lowest BCUT2D eigenvalue weighted by Gasteiger charge is -2.15. The Balaban J connectivity index is 2.00. The number of nitrogens with zero attached hydrogens (tertiary/aromatic N) is 3. The van der Waals surface area contributed by atoms with E-state index in [9.17, 15) is 4.79 Å². The highest BCUT2D eigenvalue weighted by molar-refractivity contribution is 5.97. The summed E-state index contributed by atoms with van der Waals surface area (Å²) in [5.41, 5.74) is 3.14. The normalized spacial score (nSPS) is 11.1. The number of hydrogen-bond donors (Lipinski definition) is 0. The topological polar surface area (TPSA) is 38.1 Å². The minimum absolute atomic E-state index is 0.143. The molecule has 4 nitrogen and oxygen atoms in total. The zero-order valence-electron chi connectivity index (χ0n) is 12.6. The Morgan fingerprint density at radius 2 is 2.05 bits per heavy atom. The summed E-state index contributed by atoms with van der Waals surface area (Å²) in [5, 5.41) is 0. The summed E-state index contributed by atoms with van der Waals surface area (Å²) in [6, 6.07) is 5.87. The van der Waals surface area contributed by atoms with Gasteiger partial charge in [-0.05, 0) is 38.1 Å². The Hall–Kier alpha value is -1.94. The van der Waals surface area contributed by atoms with E-state index in [0.29, 0.717) is 13.1 Å². The van der Waals surface area contributed by atoms with Crippen molar-refractivity contribution in [2.45, 2.75) is 20.4 Å². The molecule has 0 saturated carbocycles. The van der Waals surface area contributed by atoms with Crippen LogP contribution in [0.4, 0.5) is 0 Å². The lowest BCUT2D eigenvalue weighted by atomic mass is 10.0. The van der Waals surface area contributed by atoms with E-state index in [1.54, 1.807) is 6.20 Å².